The fourth-order valence-electron chi connectivity index (χ4n) is 0.895. The Bertz CT molecular complexity index is 208. The zero-order valence-corrected chi connectivity index (χ0v) is 8.11. The van der Waals surface area contributed by atoms with Crippen molar-refractivity contribution in [3.05, 3.63) is 22.4 Å². The highest BCUT2D eigenvalue weighted by atomic mass is 32.1. The number of thiophene rings is 1. The number of hydrogen-bond donors (Lipinski definition) is 1. The summed E-state index contributed by atoms with van der Waals surface area (Å²) >= 11 is 1.73. The molecule has 2 N–H and O–H groups in total. The summed E-state index contributed by atoms with van der Waals surface area (Å²) in [4.78, 5) is 1.28. The van der Waals surface area contributed by atoms with E-state index in [0.29, 0.717) is 0 Å². The molecule has 0 radical (unpaired) electrons. The van der Waals surface area contributed by atoms with Crippen molar-refractivity contribution in [3.63, 3.8) is 0 Å². The van der Waals surface area contributed by atoms with Crippen LogP contribution in [0.25, 0.3) is 0 Å². The van der Waals surface area contributed by atoms with Gasteiger partial charge in [-0.2, -0.15) is 0 Å². The molecule has 62 valence electrons. The van der Waals surface area contributed by atoms with Crippen LogP contribution in [-0.4, -0.2) is 0 Å². The van der Waals surface area contributed by atoms with Gasteiger partial charge in [-0.3, -0.25) is 0 Å². The molecule has 1 rings (SSSR count). The molecule has 1 aromatic heterocycles. The molecule has 1 nitrogen and oxygen atoms in total. The fourth-order valence-corrected chi connectivity index (χ4v) is 1.87. The average Bonchev–Trinajstić information content (AvgIpc) is 2.34. The first kappa shape index (κ1) is 8.75. The lowest BCUT2D eigenvalue weighted by molar-refractivity contribution is 0.331. The van der Waals surface area contributed by atoms with E-state index in [-0.39, 0.29) is 11.5 Å². The Balaban J connectivity index is 2.78. The third-order valence-corrected chi connectivity index (χ3v) is 2.74. The second-order valence-corrected chi connectivity index (χ2v) is 4.84. The highest BCUT2D eigenvalue weighted by Gasteiger charge is 2.22. The van der Waals surface area contributed by atoms with Crippen LogP contribution in [0.3, 0.4) is 0 Å². The molecule has 0 bridgehead atoms. The van der Waals surface area contributed by atoms with E-state index in [9.17, 15) is 0 Å². The first-order valence-electron chi connectivity index (χ1n) is 3.81. The molecule has 1 aromatic rings. The smallest absolute Gasteiger partial charge is 0.0438 e. The molecule has 0 saturated heterocycles. The first-order valence-corrected chi connectivity index (χ1v) is 4.69. The number of hydrogen-bond acceptors (Lipinski definition) is 2. The topological polar surface area (TPSA) is 26.0 Å². The van der Waals surface area contributed by atoms with Gasteiger partial charge < -0.3 is 5.73 Å². The summed E-state index contributed by atoms with van der Waals surface area (Å²) in [5, 5.41) is 2.07. The van der Waals surface area contributed by atoms with Crippen molar-refractivity contribution in [1.82, 2.24) is 0 Å². The van der Waals surface area contributed by atoms with Crippen LogP contribution >= 0.6 is 11.3 Å². The van der Waals surface area contributed by atoms with E-state index in [1.165, 1.54) is 4.88 Å². The highest BCUT2D eigenvalue weighted by Crippen LogP contribution is 2.32. The van der Waals surface area contributed by atoms with Gasteiger partial charge in [0.15, 0.2) is 0 Å². The Hall–Kier alpha value is -0.340. The Morgan fingerprint density at radius 1 is 1.45 bits per heavy atom. The Kier molecular flexibility index (Phi) is 2.35. The molecular weight excluding hydrogens is 154 g/mol. The van der Waals surface area contributed by atoms with E-state index in [1.807, 2.05) is 6.07 Å². The van der Waals surface area contributed by atoms with Crippen molar-refractivity contribution in [2.45, 2.75) is 26.8 Å². The summed E-state index contributed by atoms with van der Waals surface area (Å²) in [5.41, 5.74) is 6.20. The van der Waals surface area contributed by atoms with Gasteiger partial charge in [-0.05, 0) is 16.9 Å². The van der Waals surface area contributed by atoms with Gasteiger partial charge in [0.25, 0.3) is 0 Å². The van der Waals surface area contributed by atoms with Gasteiger partial charge in [-0.1, -0.05) is 26.8 Å². The molecule has 2 heteroatoms. The summed E-state index contributed by atoms with van der Waals surface area (Å²) in [6.45, 7) is 6.49. The maximum Gasteiger partial charge on any atom is 0.0438 e. The van der Waals surface area contributed by atoms with Crippen LogP contribution in [-0.2, 0) is 0 Å². The molecule has 0 fully saturated rings. The van der Waals surface area contributed by atoms with Crippen LogP contribution in [0.4, 0.5) is 0 Å². The predicted octanol–water partition coefficient (Wildman–Crippen LogP) is 2.79. The maximum atomic E-state index is 6.03. The Labute approximate surface area is 72.2 Å². The predicted molar refractivity (Wildman–Crippen MR) is 50.7 cm³/mol. The molecule has 1 heterocycles. The second kappa shape index (κ2) is 2.95. The summed E-state index contributed by atoms with van der Waals surface area (Å²) in [7, 11) is 0. The van der Waals surface area contributed by atoms with Gasteiger partial charge in [-0.15, -0.1) is 11.3 Å². The molecule has 1 atom stereocenters. The summed E-state index contributed by atoms with van der Waals surface area (Å²) in [6.07, 6.45) is 0. The van der Waals surface area contributed by atoms with Gasteiger partial charge in [-0.25, -0.2) is 0 Å². The minimum Gasteiger partial charge on any atom is -0.323 e. The van der Waals surface area contributed by atoms with E-state index in [2.05, 4.69) is 32.2 Å². The van der Waals surface area contributed by atoms with Crippen LogP contribution < -0.4 is 5.73 Å². The molecular formula is C9H15NS. The molecule has 0 aliphatic heterocycles. The van der Waals surface area contributed by atoms with Gasteiger partial charge >= 0.3 is 0 Å². The molecule has 0 spiro atoms. The van der Waals surface area contributed by atoms with Crippen molar-refractivity contribution >= 4 is 11.3 Å². The standard InChI is InChI=1S/C9H15NS/c1-9(2,3)8(10)7-5-4-6-11-7/h4-6,8H,10H2,1-3H3/t8-/m1/s1. The van der Waals surface area contributed by atoms with Crippen LogP contribution in [0.1, 0.15) is 31.7 Å². The van der Waals surface area contributed by atoms with E-state index >= 15 is 0 Å². The van der Waals surface area contributed by atoms with Crippen molar-refractivity contribution in [2.75, 3.05) is 0 Å². The van der Waals surface area contributed by atoms with Crippen LogP contribution in [0.2, 0.25) is 0 Å². The summed E-state index contributed by atoms with van der Waals surface area (Å²) in [6, 6.07) is 4.31. The lowest BCUT2D eigenvalue weighted by Gasteiger charge is -2.25. The molecule has 0 unspecified atom stereocenters. The van der Waals surface area contributed by atoms with Crippen molar-refractivity contribution in [3.8, 4) is 0 Å². The largest absolute Gasteiger partial charge is 0.323 e. The van der Waals surface area contributed by atoms with E-state index < -0.39 is 0 Å². The first-order chi connectivity index (χ1) is 5.02. The molecule has 0 amide bonds. The normalized spacial score (nSPS) is 14.9. The van der Waals surface area contributed by atoms with Gasteiger partial charge in [0, 0.05) is 10.9 Å². The zero-order valence-electron chi connectivity index (χ0n) is 7.29. The third-order valence-electron chi connectivity index (χ3n) is 1.78. The van der Waals surface area contributed by atoms with Gasteiger partial charge in [0.1, 0.15) is 0 Å². The monoisotopic (exact) mass is 169 g/mol. The third kappa shape index (κ3) is 2.04. The highest BCUT2D eigenvalue weighted by molar-refractivity contribution is 7.10. The summed E-state index contributed by atoms with van der Waals surface area (Å²) < 4.78 is 0. The maximum absolute atomic E-state index is 6.03. The van der Waals surface area contributed by atoms with Crippen molar-refractivity contribution in [2.24, 2.45) is 11.1 Å². The molecule has 0 saturated carbocycles. The van der Waals surface area contributed by atoms with Gasteiger partial charge in [0.05, 0.1) is 0 Å². The lowest BCUT2D eigenvalue weighted by atomic mass is 9.87. The van der Waals surface area contributed by atoms with E-state index in [0.717, 1.165) is 0 Å². The number of nitrogens with two attached hydrogens (primary N) is 1. The average molecular weight is 169 g/mol. The molecule has 11 heavy (non-hydrogen) atoms. The van der Waals surface area contributed by atoms with Crippen LogP contribution in [0, 0.1) is 5.41 Å². The van der Waals surface area contributed by atoms with Crippen LogP contribution in [0.15, 0.2) is 17.5 Å². The Morgan fingerprint density at radius 2 is 2.09 bits per heavy atom. The minimum absolute atomic E-state index is 0.169. The summed E-state index contributed by atoms with van der Waals surface area (Å²) in [5.74, 6) is 0. The van der Waals surface area contributed by atoms with Gasteiger partial charge in [0.2, 0.25) is 0 Å². The SMILES string of the molecule is CC(C)(C)[C@H](N)c1cccs1. The lowest BCUT2D eigenvalue weighted by Crippen LogP contribution is -2.25. The molecule has 0 aliphatic rings. The van der Waals surface area contributed by atoms with E-state index in [1.54, 1.807) is 11.3 Å². The number of rotatable bonds is 1. The van der Waals surface area contributed by atoms with Crippen molar-refractivity contribution in [1.29, 1.82) is 0 Å². The quantitative estimate of drug-likeness (QED) is 0.687. The Morgan fingerprint density at radius 3 is 2.45 bits per heavy atom. The molecule has 0 aromatic carbocycles. The second-order valence-electron chi connectivity index (χ2n) is 3.86. The molecule has 0 aliphatic carbocycles. The van der Waals surface area contributed by atoms with Crippen LogP contribution in [0.5, 0.6) is 0 Å². The van der Waals surface area contributed by atoms with E-state index in [4.69, 9.17) is 5.73 Å². The minimum atomic E-state index is 0.169. The fraction of sp³-hybridized carbons (Fsp3) is 0.556. The van der Waals surface area contributed by atoms with Crippen molar-refractivity contribution < 1.29 is 0 Å². The zero-order chi connectivity index (χ0) is 8.48.